The number of rotatable bonds is 9. The summed E-state index contributed by atoms with van der Waals surface area (Å²) >= 11 is 0. The van der Waals surface area contributed by atoms with E-state index < -0.39 is 0 Å². The summed E-state index contributed by atoms with van der Waals surface area (Å²) < 4.78 is 0. The van der Waals surface area contributed by atoms with Crippen molar-refractivity contribution in [1.82, 2.24) is 0 Å². The summed E-state index contributed by atoms with van der Waals surface area (Å²) in [5, 5.41) is 9.51. The molecule has 1 nitrogen and oxygen atoms in total. The van der Waals surface area contributed by atoms with Gasteiger partial charge in [-0.15, -0.1) is 0 Å². The second kappa shape index (κ2) is 23.8. The number of hydrogen-bond acceptors (Lipinski definition) is 1. The van der Waals surface area contributed by atoms with Crippen molar-refractivity contribution in [3.8, 4) is 0 Å². The smallest absolute Gasteiger partial charge is 0.0272 e. The largest absolute Gasteiger partial charge is 0.396 e. The molecule has 0 aromatic rings. The summed E-state index contributed by atoms with van der Waals surface area (Å²) in [6, 6.07) is 0. The monoisotopic (exact) mass is 405 g/mol. The fourth-order valence-electron chi connectivity index (χ4n) is 2.10. The predicted molar refractivity (Wildman–Crippen MR) is 102 cm³/mol. The summed E-state index contributed by atoms with van der Waals surface area (Å²) in [7, 11) is 0. The minimum atomic E-state index is -0.0819. The molecule has 1 N–H and O–H groups in total. The van der Waals surface area contributed by atoms with Crippen LogP contribution in [0, 0.1) is 70.6 Å². The Morgan fingerprint density at radius 1 is 0.708 bits per heavy atom. The Labute approximate surface area is 172 Å². The van der Waals surface area contributed by atoms with Crippen LogP contribution in [0.4, 0.5) is 0 Å². The number of unbranched alkanes of at least 4 members (excludes halogenated alkanes) is 5. The Balaban J connectivity index is 0. The second-order valence-electron chi connectivity index (χ2n) is 5.71. The van der Waals surface area contributed by atoms with Crippen molar-refractivity contribution in [1.29, 1.82) is 0 Å². The Morgan fingerprint density at radius 2 is 1.12 bits per heavy atom. The van der Waals surface area contributed by atoms with E-state index in [2.05, 4.69) is 20.3 Å². The molecule has 0 aliphatic heterocycles. The Kier molecular flexibility index (Phi) is 26.9. The maximum atomic E-state index is 9.51. The first kappa shape index (κ1) is 27.1. The van der Waals surface area contributed by atoms with Crippen molar-refractivity contribution < 1.29 is 31.3 Å². The molecule has 2 aliphatic carbocycles. The van der Waals surface area contributed by atoms with E-state index in [1.807, 2.05) is 64.2 Å². The van der Waals surface area contributed by atoms with Crippen molar-refractivity contribution in [2.24, 2.45) is 0 Å². The molecule has 10 radical (unpaired) electrons. The van der Waals surface area contributed by atoms with Gasteiger partial charge in [0.2, 0.25) is 0 Å². The second-order valence-corrected chi connectivity index (χ2v) is 5.71. The predicted octanol–water partition coefficient (Wildman–Crippen LogP) is 5.75. The standard InChI is InChI=1S/C12H25O.2C5H5.Zr/c1-3-5-7-8-9-11-12(13)10-6-4-2;2*1-2-4-5-3-1;/h6,12-13H,3-5,7-11H2,1-2H3;2*1-5H;/q-1;;;. The van der Waals surface area contributed by atoms with Crippen LogP contribution in [0.15, 0.2) is 0 Å². The molecule has 24 heavy (non-hydrogen) atoms. The molecule has 0 aromatic heterocycles. The van der Waals surface area contributed by atoms with E-state index in [-0.39, 0.29) is 32.3 Å². The van der Waals surface area contributed by atoms with Crippen LogP contribution in [0.5, 0.6) is 0 Å². The van der Waals surface area contributed by atoms with E-state index >= 15 is 0 Å². The molecule has 0 heterocycles. The molecule has 2 heteroatoms. The fourth-order valence-corrected chi connectivity index (χ4v) is 2.10. The van der Waals surface area contributed by atoms with Crippen LogP contribution >= 0.6 is 0 Å². The van der Waals surface area contributed by atoms with E-state index in [1.165, 1.54) is 32.1 Å². The molecule has 2 fully saturated rings. The van der Waals surface area contributed by atoms with Crippen LogP contribution in [0.2, 0.25) is 0 Å². The van der Waals surface area contributed by atoms with Crippen molar-refractivity contribution >= 4 is 0 Å². The minimum Gasteiger partial charge on any atom is -0.396 e. The molecule has 134 valence electrons. The molecule has 2 rings (SSSR count). The van der Waals surface area contributed by atoms with E-state index in [1.54, 1.807) is 0 Å². The van der Waals surface area contributed by atoms with E-state index in [9.17, 15) is 5.11 Å². The third-order valence-corrected chi connectivity index (χ3v) is 3.48. The summed E-state index contributed by atoms with van der Waals surface area (Å²) in [6.45, 7) is 4.35. The van der Waals surface area contributed by atoms with Gasteiger partial charge in [0.25, 0.3) is 0 Å². The average Bonchev–Trinajstić information content (AvgIpc) is 3.30. The van der Waals surface area contributed by atoms with Crippen LogP contribution in [0.1, 0.15) is 65.2 Å². The third kappa shape index (κ3) is 22.8. The summed E-state index contributed by atoms with van der Waals surface area (Å²) in [6.07, 6.45) is 31.5. The van der Waals surface area contributed by atoms with Crippen LogP contribution in [0.3, 0.4) is 0 Å². The number of hydrogen-bond donors (Lipinski definition) is 1. The minimum absolute atomic E-state index is 0. The van der Waals surface area contributed by atoms with Gasteiger partial charge in [-0.3, -0.25) is 0 Å². The van der Waals surface area contributed by atoms with Gasteiger partial charge in [-0.2, -0.15) is 12.8 Å². The van der Waals surface area contributed by atoms with Gasteiger partial charge in [-0.1, -0.05) is 46.0 Å². The molecule has 0 saturated heterocycles. The van der Waals surface area contributed by atoms with Crippen LogP contribution < -0.4 is 0 Å². The normalized spacial score (nSPS) is 17.1. The zero-order chi connectivity index (χ0) is 17.0. The molecule has 2 aliphatic rings. The van der Waals surface area contributed by atoms with Gasteiger partial charge < -0.3 is 11.5 Å². The molecule has 0 bridgehead atoms. The van der Waals surface area contributed by atoms with Gasteiger partial charge in [-0.25, -0.2) is 0 Å². The maximum absolute atomic E-state index is 9.51. The molecule has 1 atom stereocenters. The topological polar surface area (TPSA) is 20.2 Å². The first-order valence-electron chi connectivity index (χ1n) is 9.14. The van der Waals surface area contributed by atoms with Gasteiger partial charge in [-0.05, 0) is 70.6 Å². The van der Waals surface area contributed by atoms with Crippen molar-refractivity contribution in [3.63, 3.8) is 0 Å². The van der Waals surface area contributed by atoms with Gasteiger partial charge in [0.05, 0.1) is 0 Å². The Bertz CT molecular complexity index is 175. The molecular formula is C22H35OZr-. The number of aliphatic hydroxyl groups is 1. The molecule has 1 unspecified atom stereocenters. The van der Waals surface area contributed by atoms with Crippen LogP contribution in [-0.2, 0) is 26.2 Å². The van der Waals surface area contributed by atoms with Crippen LogP contribution in [-0.4, -0.2) is 11.2 Å². The van der Waals surface area contributed by atoms with Gasteiger partial charge >= 0.3 is 0 Å². The average molecular weight is 407 g/mol. The number of aliphatic hydroxyl groups excluding tert-OH is 1. The first-order chi connectivity index (χ1) is 11.3. The fraction of sp³-hybridized carbons (Fsp3) is 0.500. The molecular weight excluding hydrogens is 371 g/mol. The van der Waals surface area contributed by atoms with E-state index in [0.29, 0.717) is 0 Å². The zero-order valence-electron chi connectivity index (χ0n) is 15.5. The molecule has 0 spiro atoms. The van der Waals surface area contributed by atoms with E-state index in [4.69, 9.17) is 0 Å². The maximum Gasteiger partial charge on any atom is 0.0272 e. The zero-order valence-corrected chi connectivity index (χ0v) is 18.0. The first-order valence-corrected chi connectivity index (χ1v) is 9.14. The van der Waals surface area contributed by atoms with Crippen molar-refractivity contribution in [2.75, 3.05) is 0 Å². The Hall–Kier alpha value is 0.843. The van der Waals surface area contributed by atoms with Crippen molar-refractivity contribution in [2.45, 2.75) is 71.3 Å². The summed E-state index contributed by atoms with van der Waals surface area (Å²) in [4.78, 5) is 0. The van der Waals surface area contributed by atoms with Crippen LogP contribution in [0.25, 0.3) is 0 Å². The molecule has 0 aromatic carbocycles. The van der Waals surface area contributed by atoms with Gasteiger partial charge in [0, 0.05) is 32.3 Å². The summed E-state index contributed by atoms with van der Waals surface area (Å²) in [5.41, 5.74) is 0. The van der Waals surface area contributed by atoms with Gasteiger partial charge in [0.15, 0.2) is 0 Å². The van der Waals surface area contributed by atoms with Gasteiger partial charge in [0.1, 0.15) is 0 Å². The third-order valence-electron chi connectivity index (χ3n) is 3.48. The van der Waals surface area contributed by atoms with Crippen molar-refractivity contribution in [3.05, 3.63) is 70.6 Å². The quantitative estimate of drug-likeness (QED) is 0.382. The Morgan fingerprint density at radius 3 is 1.50 bits per heavy atom. The SMILES string of the molecule is CC[CH-]CC(O)CCCCCCC.[CH]1[CH][CH][CH][CH]1.[CH]1[CH][CH][CH][CH]1.[Zr]. The molecule has 2 saturated carbocycles. The molecule has 0 amide bonds. The van der Waals surface area contributed by atoms with E-state index in [0.717, 1.165) is 19.3 Å². The summed E-state index contributed by atoms with van der Waals surface area (Å²) in [5.74, 6) is 0.